The lowest BCUT2D eigenvalue weighted by atomic mass is 10.5. The summed E-state index contributed by atoms with van der Waals surface area (Å²) in [4.78, 5) is 11.1. The maximum absolute atomic E-state index is 11.7. The lowest BCUT2D eigenvalue weighted by Crippen LogP contribution is -2.36. The molecule has 0 aliphatic rings. The van der Waals surface area contributed by atoms with Crippen molar-refractivity contribution in [3.05, 3.63) is 15.9 Å². The number of thiophene rings is 1. The van der Waals surface area contributed by atoms with Crippen LogP contribution in [0.25, 0.3) is 0 Å². The molecule has 1 rings (SSSR count). The zero-order valence-corrected chi connectivity index (χ0v) is 11.8. The Kier molecular flexibility index (Phi) is 5.14. The first kappa shape index (κ1) is 14.2. The van der Waals surface area contributed by atoms with Gasteiger partial charge >= 0.3 is 0 Å². The quantitative estimate of drug-likeness (QED) is 0.770. The fourth-order valence-electron chi connectivity index (χ4n) is 0.886. The van der Waals surface area contributed by atoms with Gasteiger partial charge in [-0.15, -0.1) is 17.8 Å². The van der Waals surface area contributed by atoms with E-state index in [4.69, 9.17) is 6.42 Å². The summed E-state index contributed by atoms with van der Waals surface area (Å²) in [5.74, 6) is 1.75. The van der Waals surface area contributed by atoms with Gasteiger partial charge in [0, 0.05) is 0 Å². The Morgan fingerprint density at radius 3 is 2.76 bits per heavy atom. The van der Waals surface area contributed by atoms with Gasteiger partial charge in [0.1, 0.15) is 4.21 Å². The molecule has 92 valence electrons. The predicted molar refractivity (Wildman–Crippen MR) is 69.1 cm³/mol. The SMILES string of the molecule is C#CCNC(=O)CNS(=O)(=O)c1ccc(Br)s1. The number of carbonyl (C=O) groups is 1. The predicted octanol–water partition coefficient (Wildman–Crippen LogP) is 0.538. The van der Waals surface area contributed by atoms with Crippen molar-refractivity contribution in [3.8, 4) is 12.3 Å². The first-order valence-corrected chi connectivity index (χ1v) is 7.50. The lowest BCUT2D eigenvalue weighted by molar-refractivity contribution is -0.119. The molecule has 0 radical (unpaired) electrons. The smallest absolute Gasteiger partial charge is 0.250 e. The number of carbonyl (C=O) groups excluding carboxylic acids is 1. The van der Waals surface area contributed by atoms with Gasteiger partial charge in [0.15, 0.2) is 0 Å². The zero-order valence-electron chi connectivity index (χ0n) is 8.57. The summed E-state index contributed by atoms with van der Waals surface area (Å²) < 4.78 is 26.4. The van der Waals surface area contributed by atoms with E-state index in [1.807, 2.05) is 0 Å². The Labute approximate surface area is 112 Å². The largest absolute Gasteiger partial charge is 0.344 e. The molecule has 0 spiro atoms. The molecule has 17 heavy (non-hydrogen) atoms. The molecule has 0 aliphatic carbocycles. The standard InChI is InChI=1S/C9H9BrN2O3S2/c1-2-5-11-8(13)6-12-17(14,15)9-4-3-7(10)16-9/h1,3-4,12H,5-6H2,(H,11,13). The van der Waals surface area contributed by atoms with Gasteiger partial charge < -0.3 is 5.32 Å². The van der Waals surface area contributed by atoms with E-state index >= 15 is 0 Å². The number of rotatable bonds is 5. The third kappa shape index (κ3) is 4.47. The topological polar surface area (TPSA) is 75.3 Å². The Morgan fingerprint density at radius 2 is 2.24 bits per heavy atom. The van der Waals surface area contributed by atoms with Crippen LogP contribution >= 0.6 is 27.3 Å². The molecule has 1 aromatic heterocycles. The van der Waals surface area contributed by atoms with E-state index in [-0.39, 0.29) is 17.3 Å². The van der Waals surface area contributed by atoms with Crippen LogP contribution in [0.15, 0.2) is 20.1 Å². The third-order valence-electron chi connectivity index (χ3n) is 1.62. The lowest BCUT2D eigenvalue weighted by Gasteiger charge is -2.04. The highest BCUT2D eigenvalue weighted by atomic mass is 79.9. The van der Waals surface area contributed by atoms with E-state index in [9.17, 15) is 13.2 Å². The summed E-state index contributed by atoms with van der Waals surface area (Å²) in [6.45, 7) is -0.259. The van der Waals surface area contributed by atoms with Crippen LogP contribution < -0.4 is 10.0 Å². The Hall–Kier alpha value is -0.880. The number of nitrogens with one attached hydrogen (secondary N) is 2. The van der Waals surface area contributed by atoms with Crippen molar-refractivity contribution in [3.63, 3.8) is 0 Å². The van der Waals surface area contributed by atoms with Gasteiger partial charge in [-0.1, -0.05) is 5.92 Å². The molecule has 0 atom stereocenters. The first-order chi connectivity index (χ1) is 7.95. The van der Waals surface area contributed by atoms with Crippen LogP contribution in [0.1, 0.15) is 0 Å². The Morgan fingerprint density at radius 1 is 1.53 bits per heavy atom. The van der Waals surface area contributed by atoms with Crippen molar-refractivity contribution in [2.75, 3.05) is 13.1 Å². The third-order valence-corrected chi connectivity index (χ3v) is 5.14. The van der Waals surface area contributed by atoms with E-state index in [0.29, 0.717) is 3.79 Å². The van der Waals surface area contributed by atoms with Crippen molar-refractivity contribution >= 4 is 43.2 Å². The highest BCUT2D eigenvalue weighted by Crippen LogP contribution is 2.25. The monoisotopic (exact) mass is 336 g/mol. The average molecular weight is 337 g/mol. The molecule has 0 saturated heterocycles. The van der Waals surface area contributed by atoms with Gasteiger partial charge in [0.2, 0.25) is 5.91 Å². The number of hydrogen-bond donors (Lipinski definition) is 2. The highest BCUT2D eigenvalue weighted by molar-refractivity contribution is 9.11. The van der Waals surface area contributed by atoms with Gasteiger partial charge in [0.05, 0.1) is 16.9 Å². The maximum Gasteiger partial charge on any atom is 0.250 e. The van der Waals surface area contributed by atoms with E-state index < -0.39 is 15.9 Å². The van der Waals surface area contributed by atoms with Crippen molar-refractivity contribution in [1.82, 2.24) is 10.0 Å². The number of terminal acetylenes is 1. The van der Waals surface area contributed by atoms with Crippen LogP contribution in [0, 0.1) is 12.3 Å². The van der Waals surface area contributed by atoms with Crippen LogP contribution in [0.4, 0.5) is 0 Å². The normalized spacial score (nSPS) is 10.8. The molecular weight excluding hydrogens is 328 g/mol. The minimum Gasteiger partial charge on any atom is -0.344 e. The van der Waals surface area contributed by atoms with E-state index in [0.717, 1.165) is 11.3 Å². The van der Waals surface area contributed by atoms with Gasteiger partial charge in [0.25, 0.3) is 10.0 Å². The molecule has 1 heterocycles. The molecule has 0 unspecified atom stereocenters. The summed E-state index contributed by atoms with van der Waals surface area (Å²) in [5.41, 5.74) is 0. The fraction of sp³-hybridized carbons (Fsp3) is 0.222. The van der Waals surface area contributed by atoms with Crippen molar-refractivity contribution in [2.24, 2.45) is 0 Å². The first-order valence-electron chi connectivity index (χ1n) is 4.41. The van der Waals surface area contributed by atoms with Crippen molar-refractivity contribution in [2.45, 2.75) is 4.21 Å². The summed E-state index contributed by atoms with van der Waals surface area (Å²) >= 11 is 4.23. The second kappa shape index (κ2) is 6.16. The summed E-state index contributed by atoms with van der Waals surface area (Å²) in [6.07, 6.45) is 4.95. The number of halogens is 1. The Bertz CT molecular complexity index is 545. The molecular formula is C9H9BrN2O3S2. The van der Waals surface area contributed by atoms with Gasteiger partial charge in [-0.25, -0.2) is 13.1 Å². The molecule has 5 nitrogen and oxygen atoms in total. The van der Waals surface area contributed by atoms with Crippen LogP contribution in [-0.4, -0.2) is 27.4 Å². The van der Waals surface area contributed by atoms with E-state index in [1.165, 1.54) is 6.07 Å². The molecule has 0 aromatic carbocycles. The molecule has 0 aliphatic heterocycles. The molecule has 2 N–H and O–H groups in total. The molecule has 0 bridgehead atoms. The minimum atomic E-state index is -3.63. The van der Waals surface area contributed by atoms with Crippen molar-refractivity contribution < 1.29 is 13.2 Å². The average Bonchev–Trinajstić information content (AvgIpc) is 2.71. The molecule has 1 aromatic rings. The van der Waals surface area contributed by atoms with E-state index in [1.54, 1.807) is 6.07 Å². The molecule has 8 heteroatoms. The van der Waals surface area contributed by atoms with Gasteiger partial charge in [-0.2, -0.15) is 0 Å². The van der Waals surface area contributed by atoms with Crippen LogP contribution in [-0.2, 0) is 14.8 Å². The number of amides is 1. The summed E-state index contributed by atoms with van der Waals surface area (Å²) in [5, 5.41) is 2.35. The molecule has 0 fully saturated rings. The highest BCUT2D eigenvalue weighted by Gasteiger charge is 2.17. The number of sulfonamides is 1. The van der Waals surface area contributed by atoms with Gasteiger partial charge in [-0.05, 0) is 28.1 Å². The van der Waals surface area contributed by atoms with Crippen LogP contribution in [0.3, 0.4) is 0 Å². The van der Waals surface area contributed by atoms with Gasteiger partial charge in [-0.3, -0.25) is 4.79 Å². The number of hydrogen-bond acceptors (Lipinski definition) is 4. The fourth-order valence-corrected chi connectivity index (χ4v) is 3.92. The maximum atomic E-state index is 11.7. The molecule has 1 amide bonds. The zero-order chi connectivity index (χ0) is 12.9. The van der Waals surface area contributed by atoms with Crippen LogP contribution in [0.5, 0.6) is 0 Å². The second-order valence-corrected chi connectivity index (χ2v) is 7.32. The second-order valence-electron chi connectivity index (χ2n) is 2.86. The summed E-state index contributed by atoms with van der Waals surface area (Å²) in [6, 6.07) is 3.08. The van der Waals surface area contributed by atoms with Crippen LogP contribution in [0.2, 0.25) is 0 Å². The van der Waals surface area contributed by atoms with Crippen molar-refractivity contribution in [1.29, 1.82) is 0 Å². The van der Waals surface area contributed by atoms with E-state index in [2.05, 4.69) is 31.9 Å². The summed E-state index contributed by atoms with van der Waals surface area (Å²) in [7, 11) is -3.63. The Balaban J connectivity index is 2.57. The molecule has 0 saturated carbocycles. The minimum absolute atomic E-state index is 0.0745.